The van der Waals surface area contributed by atoms with E-state index >= 15 is 0 Å². The lowest BCUT2D eigenvalue weighted by Crippen LogP contribution is -2.28. The highest BCUT2D eigenvalue weighted by Gasteiger charge is 2.26. The third-order valence-electron chi connectivity index (χ3n) is 3.85. The molecule has 1 aromatic carbocycles. The average molecular weight is 330 g/mol. The zero-order valence-electron chi connectivity index (χ0n) is 12.9. The van der Waals surface area contributed by atoms with E-state index in [1.807, 2.05) is 24.0 Å². The summed E-state index contributed by atoms with van der Waals surface area (Å²) < 4.78 is 5.43. The van der Waals surface area contributed by atoms with Crippen LogP contribution in [0, 0.1) is 10.1 Å². The van der Waals surface area contributed by atoms with Crippen LogP contribution in [0.15, 0.2) is 41.8 Å². The van der Waals surface area contributed by atoms with Gasteiger partial charge in [-0.05, 0) is 42.5 Å². The minimum Gasteiger partial charge on any atom is -0.487 e. The topological polar surface area (TPSA) is 55.6 Å². The number of anilines is 1. The van der Waals surface area contributed by atoms with E-state index in [0.717, 1.165) is 13.0 Å². The van der Waals surface area contributed by atoms with Crippen LogP contribution in [0.4, 0.5) is 11.4 Å². The summed E-state index contributed by atoms with van der Waals surface area (Å²) in [4.78, 5) is 14.5. The molecule has 5 nitrogen and oxygen atoms in total. The van der Waals surface area contributed by atoms with Gasteiger partial charge in [0.2, 0.25) is 0 Å². The summed E-state index contributed by atoms with van der Waals surface area (Å²) in [5.74, 6) is 0.336. The zero-order valence-corrected chi connectivity index (χ0v) is 13.7. The Bertz CT molecular complexity index is 725. The number of ether oxygens (including phenoxy) is 1. The Balaban J connectivity index is 1.88. The maximum absolute atomic E-state index is 11.5. The molecule has 0 N–H and O–H groups in total. The molecule has 1 aliphatic heterocycles. The van der Waals surface area contributed by atoms with Crippen molar-refractivity contribution >= 4 is 28.3 Å². The maximum atomic E-state index is 11.5. The molecule has 0 unspecified atom stereocenters. The minimum atomic E-state index is -0.348. The quantitative estimate of drug-likeness (QED) is 0.604. The molecule has 2 heterocycles. The molecule has 0 aliphatic carbocycles. The number of nitrogens with zero attached hydrogens (tertiary/aromatic N) is 2. The van der Waals surface area contributed by atoms with E-state index in [4.69, 9.17) is 4.74 Å². The van der Waals surface area contributed by atoms with Gasteiger partial charge in [0.05, 0.1) is 11.5 Å². The molecule has 0 amide bonds. The summed E-state index contributed by atoms with van der Waals surface area (Å²) in [5.41, 5.74) is 2.00. The average Bonchev–Trinajstić information content (AvgIpc) is 3.09. The van der Waals surface area contributed by atoms with Crippen molar-refractivity contribution in [3.63, 3.8) is 0 Å². The van der Waals surface area contributed by atoms with Crippen LogP contribution >= 0.6 is 11.3 Å². The molecule has 0 radical (unpaired) electrons. The largest absolute Gasteiger partial charge is 0.487 e. The highest BCUT2D eigenvalue weighted by atomic mass is 32.1. The molecule has 0 saturated heterocycles. The molecule has 1 aliphatic rings. The Morgan fingerprint density at radius 2 is 2.22 bits per heavy atom. The lowest BCUT2D eigenvalue weighted by molar-refractivity contribution is -0.385. The SMILES string of the molecule is CCOc1cccc(N2CC=C(c3cccs3)CC2)c1[N+](=O)[O-]. The van der Waals surface area contributed by atoms with Crippen molar-refractivity contribution in [2.75, 3.05) is 24.6 Å². The summed E-state index contributed by atoms with van der Waals surface area (Å²) in [6.07, 6.45) is 3.04. The Labute approximate surface area is 139 Å². The molecule has 0 bridgehead atoms. The number of hydrogen-bond acceptors (Lipinski definition) is 5. The first-order chi connectivity index (χ1) is 11.2. The van der Waals surface area contributed by atoms with Gasteiger partial charge in [-0.25, -0.2) is 0 Å². The molecule has 3 rings (SSSR count). The maximum Gasteiger partial charge on any atom is 0.333 e. The normalized spacial score (nSPS) is 14.5. The second-order valence-corrected chi connectivity index (χ2v) is 6.16. The van der Waals surface area contributed by atoms with Gasteiger partial charge in [-0.15, -0.1) is 11.3 Å². The second kappa shape index (κ2) is 6.83. The van der Waals surface area contributed by atoms with Crippen LogP contribution in [0.1, 0.15) is 18.2 Å². The van der Waals surface area contributed by atoms with Gasteiger partial charge in [-0.1, -0.05) is 18.2 Å². The van der Waals surface area contributed by atoms with E-state index in [-0.39, 0.29) is 10.6 Å². The van der Waals surface area contributed by atoms with Crippen molar-refractivity contribution in [2.24, 2.45) is 0 Å². The summed E-state index contributed by atoms with van der Waals surface area (Å²) >= 11 is 1.73. The van der Waals surface area contributed by atoms with Crippen LogP contribution in [0.25, 0.3) is 5.57 Å². The molecule has 6 heteroatoms. The molecular weight excluding hydrogens is 312 g/mol. The summed E-state index contributed by atoms with van der Waals surface area (Å²) in [5, 5.41) is 13.6. The first kappa shape index (κ1) is 15.6. The van der Waals surface area contributed by atoms with Crippen LogP contribution in [0.3, 0.4) is 0 Å². The van der Waals surface area contributed by atoms with Crippen LogP contribution < -0.4 is 9.64 Å². The number of hydrogen-bond donors (Lipinski definition) is 0. The predicted molar refractivity (Wildman–Crippen MR) is 93.4 cm³/mol. The number of nitro groups is 1. The third kappa shape index (κ3) is 3.22. The van der Waals surface area contributed by atoms with Crippen molar-refractivity contribution in [1.82, 2.24) is 0 Å². The second-order valence-electron chi connectivity index (χ2n) is 5.22. The highest BCUT2D eigenvalue weighted by Crippen LogP contribution is 2.39. The summed E-state index contributed by atoms with van der Waals surface area (Å²) in [7, 11) is 0. The zero-order chi connectivity index (χ0) is 16.2. The fourth-order valence-corrected chi connectivity index (χ4v) is 3.59. The number of benzene rings is 1. The molecule has 1 aromatic heterocycles. The van der Waals surface area contributed by atoms with E-state index in [1.54, 1.807) is 23.5 Å². The number of thiophene rings is 1. The molecule has 0 saturated carbocycles. The van der Waals surface area contributed by atoms with Gasteiger partial charge in [-0.3, -0.25) is 10.1 Å². The number of nitro benzene ring substituents is 1. The van der Waals surface area contributed by atoms with E-state index < -0.39 is 0 Å². The fraction of sp³-hybridized carbons (Fsp3) is 0.294. The van der Waals surface area contributed by atoms with E-state index in [1.165, 1.54) is 10.5 Å². The van der Waals surface area contributed by atoms with Crippen molar-refractivity contribution in [1.29, 1.82) is 0 Å². The summed E-state index contributed by atoms with van der Waals surface area (Å²) in [6, 6.07) is 9.42. The molecule has 0 atom stereocenters. The van der Waals surface area contributed by atoms with Gasteiger partial charge in [-0.2, -0.15) is 0 Å². The lowest BCUT2D eigenvalue weighted by Gasteiger charge is -2.28. The summed E-state index contributed by atoms with van der Waals surface area (Å²) in [6.45, 7) is 3.67. The third-order valence-corrected chi connectivity index (χ3v) is 4.79. The lowest BCUT2D eigenvalue weighted by atomic mass is 10.1. The Kier molecular flexibility index (Phi) is 4.62. The van der Waals surface area contributed by atoms with Gasteiger partial charge in [0, 0.05) is 18.0 Å². The molecule has 2 aromatic rings. The van der Waals surface area contributed by atoms with Crippen molar-refractivity contribution in [3.8, 4) is 5.75 Å². The van der Waals surface area contributed by atoms with E-state index in [9.17, 15) is 10.1 Å². The van der Waals surface area contributed by atoms with Crippen molar-refractivity contribution in [3.05, 3.63) is 56.8 Å². The van der Waals surface area contributed by atoms with E-state index in [2.05, 4.69) is 17.5 Å². The minimum absolute atomic E-state index is 0.0577. The standard InChI is InChI=1S/C17H18N2O3S/c1-2-22-15-6-3-5-14(17(15)19(20)21)18-10-8-13(9-11-18)16-7-4-12-23-16/h3-8,12H,2,9-11H2,1H3. The molecule has 0 fully saturated rings. The molecular formula is C17H18N2O3S. The first-order valence-corrected chi connectivity index (χ1v) is 8.46. The Morgan fingerprint density at radius 1 is 1.35 bits per heavy atom. The van der Waals surface area contributed by atoms with Gasteiger partial charge < -0.3 is 9.64 Å². The first-order valence-electron chi connectivity index (χ1n) is 7.58. The number of rotatable bonds is 5. The Morgan fingerprint density at radius 3 is 2.83 bits per heavy atom. The van der Waals surface area contributed by atoms with Crippen LogP contribution in [-0.4, -0.2) is 24.6 Å². The van der Waals surface area contributed by atoms with Crippen molar-refractivity contribution < 1.29 is 9.66 Å². The van der Waals surface area contributed by atoms with Crippen LogP contribution in [0.5, 0.6) is 5.75 Å². The van der Waals surface area contributed by atoms with Gasteiger partial charge in [0.15, 0.2) is 5.75 Å². The van der Waals surface area contributed by atoms with Gasteiger partial charge >= 0.3 is 5.69 Å². The van der Waals surface area contributed by atoms with Gasteiger partial charge in [0.1, 0.15) is 5.69 Å². The van der Waals surface area contributed by atoms with Crippen LogP contribution in [-0.2, 0) is 0 Å². The fourth-order valence-electron chi connectivity index (χ4n) is 2.79. The monoisotopic (exact) mass is 330 g/mol. The smallest absolute Gasteiger partial charge is 0.333 e. The number of para-hydroxylation sites is 1. The predicted octanol–water partition coefficient (Wildman–Crippen LogP) is 4.35. The molecule has 23 heavy (non-hydrogen) atoms. The molecule has 120 valence electrons. The van der Waals surface area contributed by atoms with Crippen LogP contribution in [0.2, 0.25) is 0 Å². The van der Waals surface area contributed by atoms with E-state index in [0.29, 0.717) is 24.6 Å². The van der Waals surface area contributed by atoms with Gasteiger partial charge in [0.25, 0.3) is 0 Å². The van der Waals surface area contributed by atoms with Crippen molar-refractivity contribution in [2.45, 2.75) is 13.3 Å². The Hall–Kier alpha value is -2.34. The highest BCUT2D eigenvalue weighted by molar-refractivity contribution is 7.11. The molecule has 0 spiro atoms.